The topological polar surface area (TPSA) is 88.5 Å². The summed E-state index contributed by atoms with van der Waals surface area (Å²) >= 11 is 0. The van der Waals surface area contributed by atoms with Crippen molar-refractivity contribution >= 4 is 19.7 Å². The molecule has 7 heteroatoms. The first-order valence-corrected chi connectivity index (χ1v) is 6.81. The maximum atomic E-state index is 11.2. The molecule has 0 bridgehead atoms. The van der Waals surface area contributed by atoms with E-state index in [0.717, 1.165) is 6.92 Å². The molecule has 1 atom stereocenters. The van der Waals surface area contributed by atoms with Gasteiger partial charge in [-0.05, 0) is 6.92 Å². The zero-order chi connectivity index (χ0) is 11.6. The van der Waals surface area contributed by atoms with Crippen LogP contribution in [0.5, 0.6) is 0 Å². The Hall–Kier alpha value is -0.660. The van der Waals surface area contributed by atoms with Gasteiger partial charge in [0, 0.05) is 10.8 Å². The van der Waals surface area contributed by atoms with Crippen LogP contribution >= 0.6 is 0 Å². The molecule has 0 radical (unpaired) electrons. The van der Waals surface area contributed by atoms with Gasteiger partial charge in [-0.2, -0.15) is 0 Å². The molecule has 14 heavy (non-hydrogen) atoms. The summed E-state index contributed by atoms with van der Waals surface area (Å²) in [4.78, 5) is 0. The van der Waals surface area contributed by atoms with Crippen molar-refractivity contribution in [1.82, 2.24) is 0 Å². The fourth-order valence-corrected chi connectivity index (χ4v) is 4.37. The van der Waals surface area contributed by atoms with Crippen molar-refractivity contribution in [2.45, 2.75) is 17.6 Å². The summed E-state index contributed by atoms with van der Waals surface area (Å²) in [6, 6.07) is 0. The lowest BCUT2D eigenvalue weighted by molar-refractivity contribution is 0.208. The van der Waals surface area contributed by atoms with Crippen LogP contribution in [0.2, 0.25) is 0 Å². The van der Waals surface area contributed by atoms with E-state index in [1.165, 1.54) is 0 Å². The zero-order valence-electron chi connectivity index (χ0n) is 7.62. The normalized spacial score (nSPS) is 15.1. The molecule has 0 spiro atoms. The second-order valence-corrected chi connectivity index (χ2v) is 6.96. The third-order valence-corrected chi connectivity index (χ3v) is 6.13. The largest absolute Gasteiger partial charge is 0.391 e. The highest BCUT2D eigenvalue weighted by molar-refractivity contribution is 8.11. The Balaban J connectivity index is 5.65. The average molecular weight is 240 g/mol. The first kappa shape index (κ1) is 13.3. The summed E-state index contributed by atoms with van der Waals surface area (Å²) in [5.41, 5.74) is 0. The van der Waals surface area contributed by atoms with E-state index in [1.807, 2.05) is 0 Å². The average Bonchev–Trinajstić information content (AvgIpc) is 2.02. The van der Waals surface area contributed by atoms with Gasteiger partial charge in [-0.25, -0.2) is 16.8 Å². The Morgan fingerprint density at radius 2 is 1.36 bits per heavy atom. The third-order valence-electron chi connectivity index (χ3n) is 1.51. The number of aliphatic hydroxyl groups is 1. The second-order valence-electron chi connectivity index (χ2n) is 2.62. The molecule has 0 heterocycles. The van der Waals surface area contributed by atoms with Crippen LogP contribution in [0, 0.1) is 0 Å². The highest BCUT2D eigenvalue weighted by atomic mass is 32.3. The van der Waals surface area contributed by atoms with Crippen LogP contribution < -0.4 is 0 Å². The van der Waals surface area contributed by atoms with Crippen molar-refractivity contribution in [3.8, 4) is 0 Å². The monoisotopic (exact) mass is 240 g/mol. The molecule has 0 saturated heterocycles. The van der Waals surface area contributed by atoms with Crippen LogP contribution in [-0.2, 0) is 19.7 Å². The van der Waals surface area contributed by atoms with Gasteiger partial charge in [0.25, 0.3) is 0 Å². The van der Waals surface area contributed by atoms with Gasteiger partial charge in [-0.3, -0.25) is 0 Å². The summed E-state index contributed by atoms with van der Waals surface area (Å²) < 4.78 is 43.0. The van der Waals surface area contributed by atoms with E-state index in [2.05, 4.69) is 13.2 Å². The lowest BCUT2D eigenvalue weighted by Gasteiger charge is -2.16. The SMILES string of the molecule is C=CS(=O)(=O)C(C(C)O)S(=O)(=O)C=C. The Morgan fingerprint density at radius 1 is 1.07 bits per heavy atom. The smallest absolute Gasteiger partial charge is 0.195 e. The van der Waals surface area contributed by atoms with Crippen molar-refractivity contribution in [1.29, 1.82) is 0 Å². The molecule has 0 aromatic heterocycles. The molecule has 0 aliphatic rings. The molecule has 0 fully saturated rings. The van der Waals surface area contributed by atoms with E-state index in [9.17, 15) is 16.8 Å². The van der Waals surface area contributed by atoms with E-state index < -0.39 is 30.4 Å². The second kappa shape index (κ2) is 4.24. The third kappa shape index (κ3) is 2.66. The van der Waals surface area contributed by atoms with Crippen LogP contribution in [0.1, 0.15) is 6.92 Å². The maximum absolute atomic E-state index is 11.2. The molecule has 82 valence electrons. The molecule has 1 N–H and O–H groups in total. The van der Waals surface area contributed by atoms with E-state index in [0.29, 0.717) is 10.8 Å². The number of rotatable bonds is 5. The highest BCUT2D eigenvalue weighted by Crippen LogP contribution is 2.17. The lowest BCUT2D eigenvalue weighted by Crippen LogP contribution is -2.37. The molecule has 0 saturated carbocycles. The van der Waals surface area contributed by atoms with E-state index >= 15 is 0 Å². The summed E-state index contributed by atoms with van der Waals surface area (Å²) in [5.74, 6) is 0. The Bertz CT molecular complexity index is 377. The molecule has 0 rings (SSSR count). The molecule has 0 aliphatic heterocycles. The van der Waals surface area contributed by atoms with Crippen LogP contribution in [0.15, 0.2) is 24.0 Å². The quantitative estimate of drug-likeness (QED) is 0.719. The number of hydrogen-bond donors (Lipinski definition) is 1. The molecule has 5 nitrogen and oxygen atoms in total. The van der Waals surface area contributed by atoms with Crippen molar-refractivity contribution in [3.05, 3.63) is 24.0 Å². The van der Waals surface area contributed by atoms with Crippen LogP contribution in [-0.4, -0.2) is 32.6 Å². The van der Waals surface area contributed by atoms with Gasteiger partial charge in [-0.15, -0.1) is 0 Å². The molecule has 0 aliphatic carbocycles. The Labute approximate surface area is 83.6 Å². The van der Waals surface area contributed by atoms with Gasteiger partial charge in [0.1, 0.15) is 0 Å². The van der Waals surface area contributed by atoms with Crippen molar-refractivity contribution in [2.24, 2.45) is 0 Å². The first-order chi connectivity index (χ1) is 6.19. The van der Waals surface area contributed by atoms with Gasteiger partial charge in [0.15, 0.2) is 24.3 Å². The van der Waals surface area contributed by atoms with Gasteiger partial charge < -0.3 is 5.11 Å². The maximum Gasteiger partial charge on any atom is 0.195 e. The van der Waals surface area contributed by atoms with Crippen molar-refractivity contribution in [2.75, 3.05) is 0 Å². The van der Waals surface area contributed by atoms with Crippen LogP contribution in [0.4, 0.5) is 0 Å². The molecule has 0 aromatic rings. The standard InChI is InChI=1S/C7H12O5S2/c1-4-13(9,10)7(6(3)8)14(11,12)5-2/h4-8H,1-2H2,3H3. The zero-order valence-corrected chi connectivity index (χ0v) is 9.25. The fourth-order valence-electron chi connectivity index (χ4n) is 0.926. The first-order valence-electron chi connectivity index (χ1n) is 3.59. The lowest BCUT2D eigenvalue weighted by atomic mass is 10.5. The van der Waals surface area contributed by atoms with E-state index in [1.54, 1.807) is 0 Å². The Morgan fingerprint density at radius 3 is 1.50 bits per heavy atom. The minimum Gasteiger partial charge on any atom is -0.391 e. The summed E-state index contributed by atoms with van der Waals surface area (Å²) in [6.07, 6.45) is -1.54. The summed E-state index contributed by atoms with van der Waals surface area (Å²) in [7, 11) is -8.15. The molecule has 1 unspecified atom stereocenters. The molecular weight excluding hydrogens is 228 g/mol. The summed E-state index contributed by atoms with van der Waals surface area (Å²) in [5, 5.41) is 10.1. The Kier molecular flexibility index (Phi) is 4.04. The van der Waals surface area contributed by atoms with E-state index in [-0.39, 0.29) is 0 Å². The van der Waals surface area contributed by atoms with Gasteiger partial charge >= 0.3 is 0 Å². The van der Waals surface area contributed by atoms with Crippen LogP contribution in [0.3, 0.4) is 0 Å². The number of sulfone groups is 2. The molecular formula is C7H12O5S2. The fraction of sp³-hybridized carbons (Fsp3) is 0.429. The minimum atomic E-state index is -4.07. The molecule has 0 amide bonds. The van der Waals surface area contributed by atoms with Gasteiger partial charge in [0.05, 0.1) is 6.10 Å². The van der Waals surface area contributed by atoms with Crippen molar-refractivity contribution < 1.29 is 21.9 Å². The van der Waals surface area contributed by atoms with Gasteiger partial charge in [-0.1, -0.05) is 13.2 Å². The van der Waals surface area contributed by atoms with Crippen molar-refractivity contribution in [3.63, 3.8) is 0 Å². The number of hydrogen-bond acceptors (Lipinski definition) is 5. The molecule has 0 aromatic carbocycles. The van der Waals surface area contributed by atoms with Gasteiger partial charge in [0.2, 0.25) is 0 Å². The summed E-state index contributed by atoms with van der Waals surface area (Å²) in [6.45, 7) is 7.05. The predicted octanol–water partition coefficient (Wildman–Crippen LogP) is -0.190. The van der Waals surface area contributed by atoms with Crippen LogP contribution in [0.25, 0.3) is 0 Å². The van der Waals surface area contributed by atoms with E-state index in [4.69, 9.17) is 5.11 Å². The predicted molar refractivity (Wildman–Crippen MR) is 53.7 cm³/mol. The number of aliphatic hydroxyl groups excluding tert-OH is 1. The highest BCUT2D eigenvalue weighted by Gasteiger charge is 2.37. The minimum absolute atomic E-state index is 0.505.